The van der Waals surface area contributed by atoms with Gasteiger partial charge in [0.15, 0.2) is 0 Å². The summed E-state index contributed by atoms with van der Waals surface area (Å²) in [6.45, 7) is 9.22. The Hall–Kier alpha value is -1.36. The molecule has 0 radical (unpaired) electrons. The Kier molecular flexibility index (Phi) is 3.78. The fraction of sp³-hybridized carbons (Fsp3) is 0.750. The molecule has 3 unspecified atom stereocenters. The molecule has 0 aromatic heterocycles. The summed E-state index contributed by atoms with van der Waals surface area (Å²) in [5.41, 5.74) is 2.80. The van der Waals surface area contributed by atoms with Crippen LogP contribution in [0, 0.1) is 5.92 Å². The minimum absolute atomic E-state index is 0.272. The summed E-state index contributed by atoms with van der Waals surface area (Å²) in [7, 11) is 0. The summed E-state index contributed by atoms with van der Waals surface area (Å²) < 4.78 is 0. The largest absolute Gasteiger partial charge is 0.480 e. The molecule has 0 bridgehead atoms. The molecule has 5 nitrogen and oxygen atoms in total. The van der Waals surface area contributed by atoms with Gasteiger partial charge in [-0.25, -0.2) is 0 Å². The maximum Gasteiger partial charge on any atom is 0.320 e. The van der Waals surface area contributed by atoms with Gasteiger partial charge in [0, 0.05) is 18.8 Å². The van der Waals surface area contributed by atoms with Crippen molar-refractivity contribution in [3.05, 3.63) is 11.3 Å². The number of likely N-dealkylation sites (tertiary alicyclic amines) is 1. The van der Waals surface area contributed by atoms with E-state index in [9.17, 15) is 9.90 Å². The zero-order valence-corrected chi connectivity index (χ0v) is 13.2. The monoisotopic (exact) mass is 291 g/mol. The molecule has 3 atom stereocenters. The van der Waals surface area contributed by atoms with E-state index >= 15 is 0 Å². The predicted molar refractivity (Wildman–Crippen MR) is 82.3 cm³/mol. The quantitative estimate of drug-likeness (QED) is 0.863. The lowest BCUT2D eigenvalue weighted by atomic mass is 10.0. The first kappa shape index (κ1) is 14.6. The Labute approximate surface area is 126 Å². The summed E-state index contributed by atoms with van der Waals surface area (Å²) in [5.74, 6) is 0.970. The van der Waals surface area contributed by atoms with E-state index < -0.39 is 5.97 Å². The highest BCUT2D eigenvalue weighted by Gasteiger charge is 2.37. The van der Waals surface area contributed by atoms with Gasteiger partial charge in [-0.15, -0.1) is 0 Å². The van der Waals surface area contributed by atoms with Gasteiger partial charge >= 0.3 is 5.97 Å². The summed E-state index contributed by atoms with van der Waals surface area (Å²) in [4.78, 5) is 20.5. The fourth-order valence-electron chi connectivity index (χ4n) is 3.98. The normalized spacial score (nSPS) is 33.4. The fourth-order valence-corrected chi connectivity index (χ4v) is 3.98. The summed E-state index contributed by atoms with van der Waals surface area (Å²) in [5, 5.41) is 9.30. The van der Waals surface area contributed by atoms with Crippen molar-refractivity contribution in [1.82, 2.24) is 9.80 Å². The van der Waals surface area contributed by atoms with Crippen LogP contribution in [0.3, 0.4) is 0 Å². The number of hydrogen-bond acceptors (Lipinski definition) is 4. The van der Waals surface area contributed by atoms with Crippen LogP contribution >= 0.6 is 0 Å². The van der Waals surface area contributed by atoms with Crippen LogP contribution in [-0.2, 0) is 4.79 Å². The first-order valence-corrected chi connectivity index (χ1v) is 7.95. The van der Waals surface area contributed by atoms with Gasteiger partial charge in [-0.3, -0.25) is 14.7 Å². The molecule has 3 aliphatic rings. The van der Waals surface area contributed by atoms with Crippen molar-refractivity contribution in [2.75, 3.05) is 19.6 Å². The highest BCUT2D eigenvalue weighted by Crippen LogP contribution is 2.35. The summed E-state index contributed by atoms with van der Waals surface area (Å²) in [6, 6.07) is 0.0138. The minimum Gasteiger partial charge on any atom is -0.480 e. The van der Waals surface area contributed by atoms with E-state index in [4.69, 9.17) is 4.99 Å². The number of aliphatic carboxylic acids is 1. The molecule has 0 saturated carbocycles. The van der Waals surface area contributed by atoms with Crippen LogP contribution in [0.4, 0.5) is 0 Å². The Balaban J connectivity index is 1.70. The first-order chi connectivity index (χ1) is 9.97. The van der Waals surface area contributed by atoms with Crippen LogP contribution in [0.5, 0.6) is 0 Å². The predicted octanol–water partition coefficient (Wildman–Crippen LogP) is 1.95. The van der Waals surface area contributed by atoms with Gasteiger partial charge in [-0.05, 0) is 58.1 Å². The Morgan fingerprint density at radius 2 is 2.19 bits per heavy atom. The second-order valence-corrected chi connectivity index (χ2v) is 6.65. The number of carboxylic acid groups (broad SMARTS) is 1. The smallest absolute Gasteiger partial charge is 0.320 e. The molecular weight excluding hydrogens is 266 g/mol. The minimum atomic E-state index is -0.662. The number of nitrogens with zero attached hydrogens (tertiary/aromatic N) is 3. The van der Waals surface area contributed by atoms with Crippen LogP contribution in [-0.4, -0.2) is 58.4 Å². The van der Waals surface area contributed by atoms with Gasteiger partial charge in [0.2, 0.25) is 0 Å². The molecule has 3 rings (SSSR count). The zero-order valence-electron chi connectivity index (χ0n) is 13.2. The number of hydrogen-bond donors (Lipinski definition) is 1. The van der Waals surface area contributed by atoms with E-state index in [0.717, 1.165) is 44.7 Å². The van der Waals surface area contributed by atoms with E-state index in [-0.39, 0.29) is 12.1 Å². The van der Waals surface area contributed by atoms with Crippen molar-refractivity contribution in [1.29, 1.82) is 0 Å². The molecule has 2 fully saturated rings. The number of rotatable bonds is 3. The number of carbonyl (C=O) groups is 1. The van der Waals surface area contributed by atoms with Crippen LogP contribution in [0.2, 0.25) is 0 Å². The van der Waals surface area contributed by atoms with Crippen LogP contribution in [0.1, 0.15) is 40.0 Å². The number of amidine groups is 1. The summed E-state index contributed by atoms with van der Waals surface area (Å²) in [6.07, 6.45) is 2.86. The summed E-state index contributed by atoms with van der Waals surface area (Å²) >= 11 is 0. The number of allylic oxidation sites excluding steroid dienone is 1. The molecule has 3 heterocycles. The molecule has 116 valence electrons. The molecule has 5 heteroatoms. The SMILES string of the molecule is CC1=NC(C)C(C)=C2CC(CN3CCCC3C(=O)O)CN12. The molecule has 0 aliphatic carbocycles. The zero-order chi connectivity index (χ0) is 15.1. The second-order valence-electron chi connectivity index (χ2n) is 6.65. The topological polar surface area (TPSA) is 56.1 Å². The first-order valence-electron chi connectivity index (χ1n) is 7.95. The molecule has 3 aliphatic heterocycles. The van der Waals surface area contributed by atoms with Crippen LogP contribution in [0.15, 0.2) is 16.3 Å². The number of fused-ring (bicyclic) bond motifs is 1. The molecular formula is C16H25N3O2. The third kappa shape index (κ3) is 2.59. The maximum absolute atomic E-state index is 11.3. The van der Waals surface area contributed by atoms with Crippen molar-refractivity contribution in [3.63, 3.8) is 0 Å². The van der Waals surface area contributed by atoms with Crippen molar-refractivity contribution >= 4 is 11.8 Å². The standard InChI is InChI=1S/C16H25N3O2/c1-10-11(2)17-12(3)19-9-13(7-15(10)19)8-18-6-4-5-14(18)16(20)21/h11,13-14H,4-9H2,1-3H3,(H,20,21). The van der Waals surface area contributed by atoms with Gasteiger partial charge in [-0.1, -0.05) is 0 Å². The van der Waals surface area contributed by atoms with Gasteiger partial charge in [0.25, 0.3) is 0 Å². The van der Waals surface area contributed by atoms with E-state index in [1.807, 2.05) is 0 Å². The van der Waals surface area contributed by atoms with Crippen molar-refractivity contribution in [2.45, 2.75) is 52.1 Å². The molecule has 0 aromatic rings. The Morgan fingerprint density at radius 3 is 2.90 bits per heavy atom. The Bertz CT molecular complexity index is 512. The Morgan fingerprint density at radius 1 is 1.43 bits per heavy atom. The average molecular weight is 291 g/mol. The van der Waals surface area contributed by atoms with E-state index in [1.165, 1.54) is 11.3 Å². The molecule has 21 heavy (non-hydrogen) atoms. The van der Waals surface area contributed by atoms with Crippen LogP contribution in [0.25, 0.3) is 0 Å². The lowest BCUT2D eigenvalue weighted by Gasteiger charge is -2.29. The van der Waals surface area contributed by atoms with Crippen molar-refractivity contribution in [2.24, 2.45) is 10.9 Å². The molecule has 1 N–H and O–H groups in total. The highest BCUT2D eigenvalue weighted by molar-refractivity contribution is 5.83. The average Bonchev–Trinajstić information content (AvgIpc) is 3.03. The second kappa shape index (κ2) is 5.44. The molecule has 0 aromatic carbocycles. The van der Waals surface area contributed by atoms with E-state index in [2.05, 4.69) is 30.6 Å². The van der Waals surface area contributed by atoms with Crippen LogP contribution < -0.4 is 0 Å². The van der Waals surface area contributed by atoms with Gasteiger partial charge in [0.05, 0.1) is 6.04 Å². The highest BCUT2D eigenvalue weighted by atomic mass is 16.4. The van der Waals surface area contributed by atoms with E-state index in [1.54, 1.807) is 0 Å². The molecule has 0 spiro atoms. The van der Waals surface area contributed by atoms with Gasteiger partial charge < -0.3 is 10.0 Å². The van der Waals surface area contributed by atoms with E-state index in [0.29, 0.717) is 5.92 Å². The lowest BCUT2D eigenvalue weighted by Crippen LogP contribution is -2.40. The van der Waals surface area contributed by atoms with Crippen molar-refractivity contribution in [3.8, 4) is 0 Å². The van der Waals surface area contributed by atoms with Gasteiger partial charge in [-0.2, -0.15) is 0 Å². The molecule has 2 saturated heterocycles. The number of aliphatic imine (C=N–C) groups is 1. The van der Waals surface area contributed by atoms with Crippen molar-refractivity contribution < 1.29 is 9.90 Å². The molecule has 0 amide bonds. The maximum atomic E-state index is 11.3. The lowest BCUT2D eigenvalue weighted by molar-refractivity contribution is -0.142. The number of carboxylic acids is 1. The third-order valence-corrected chi connectivity index (χ3v) is 5.24. The third-order valence-electron chi connectivity index (χ3n) is 5.24. The van der Waals surface area contributed by atoms with Gasteiger partial charge in [0.1, 0.15) is 11.9 Å².